The molecule has 2 rings (SSSR count). The number of carbonyl (C=O) groups is 1. The smallest absolute Gasteiger partial charge is 0.235 e. The van der Waals surface area contributed by atoms with E-state index in [0.29, 0.717) is 28.8 Å². The number of carbonyl (C=O) groups excluding carboxylic acids is 1. The number of hydrogen-bond acceptors (Lipinski definition) is 2. The van der Waals surface area contributed by atoms with Crippen molar-refractivity contribution in [1.82, 2.24) is 4.90 Å². The van der Waals surface area contributed by atoms with E-state index in [0.717, 1.165) is 19.4 Å². The van der Waals surface area contributed by atoms with Gasteiger partial charge in [-0.1, -0.05) is 33.0 Å². The van der Waals surface area contributed by atoms with E-state index in [-0.39, 0.29) is 5.91 Å². The first-order valence-electron chi connectivity index (χ1n) is 7.39. The van der Waals surface area contributed by atoms with Gasteiger partial charge in [-0.3, -0.25) is 4.79 Å². The average molecular weight is 282 g/mol. The fraction of sp³-hybridized carbons (Fsp3) is 0.867. The maximum atomic E-state index is 12.9. The molecule has 1 saturated carbocycles. The minimum atomic E-state index is -0.542. The van der Waals surface area contributed by atoms with E-state index in [1.807, 2.05) is 4.90 Å². The Morgan fingerprint density at radius 1 is 1.21 bits per heavy atom. The molecule has 1 heterocycles. The van der Waals surface area contributed by atoms with Gasteiger partial charge in [-0.25, -0.2) is 0 Å². The Kier molecular flexibility index (Phi) is 3.92. The first-order chi connectivity index (χ1) is 8.78. The van der Waals surface area contributed by atoms with Crippen molar-refractivity contribution in [2.75, 3.05) is 6.54 Å². The van der Waals surface area contributed by atoms with Gasteiger partial charge in [-0.05, 0) is 43.9 Å². The van der Waals surface area contributed by atoms with E-state index in [1.54, 1.807) is 0 Å². The third kappa shape index (κ3) is 2.39. The topological polar surface area (TPSA) is 46.3 Å². The summed E-state index contributed by atoms with van der Waals surface area (Å²) in [4.78, 5) is 15.4. The van der Waals surface area contributed by atoms with Crippen LogP contribution in [0.4, 0.5) is 0 Å². The zero-order valence-electron chi connectivity index (χ0n) is 12.5. The quantitative estimate of drug-likeness (QED) is 0.792. The third-order valence-corrected chi connectivity index (χ3v) is 5.52. The van der Waals surface area contributed by atoms with Crippen molar-refractivity contribution in [3.63, 3.8) is 0 Å². The van der Waals surface area contributed by atoms with Crippen LogP contribution in [0.15, 0.2) is 0 Å². The molecule has 0 aromatic rings. The van der Waals surface area contributed by atoms with Gasteiger partial charge in [0.05, 0.1) is 10.4 Å². The minimum Gasteiger partial charge on any atom is -0.392 e. The molecule has 3 unspecified atom stereocenters. The largest absolute Gasteiger partial charge is 0.392 e. The van der Waals surface area contributed by atoms with E-state index < -0.39 is 5.41 Å². The highest BCUT2D eigenvalue weighted by atomic mass is 32.1. The Labute approximate surface area is 121 Å². The van der Waals surface area contributed by atoms with Crippen LogP contribution >= 0.6 is 12.2 Å². The fourth-order valence-corrected chi connectivity index (χ4v) is 4.12. The summed E-state index contributed by atoms with van der Waals surface area (Å²) in [6.07, 6.45) is 2.85. The summed E-state index contributed by atoms with van der Waals surface area (Å²) in [5.41, 5.74) is 5.36. The SMILES string of the molecule is CC1CC(C)C(C)N(C(=O)C2(C(N)=S)CC(C)C2)C1. The molecule has 2 N–H and O–H groups in total. The zero-order valence-corrected chi connectivity index (χ0v) is 13.3. The molecule has 0 radical (unpaired) electrons. The maximum Gasteiger partial charge on any atom is 0.235 e. The van der Waals surface area contributed by atoms with Gasteiger partial charge in [-0.2, -0.15) is 0 Å². The third-order valence-electron chi connectivity index (χ3n) is 5.13. The number of piperidine rings is 1. The van der Waals surface area contributed by atoms with Crippen LogP contribution in [0.25, 0.3) is 0 Å². The van der Waals surface area contributed by atoms with Gasteiger partial charge in [0, 0.05) is 12.6 Å². The van der Waals surface area contributed by atoms with Crippen LogP contribution in [-0.4, -0.2) is 28.4 Å². The van der Waals surface area contributed by atoms with Gasteiger partial charge in [-0.15, -0.1) is 0 Å². The standard InChI is InChI=1S/C15H26N2OS/c1-9-5-11(3)12(4)17(8-9)14(18)15(13(16)19)6-10(2)7-15/h9-12H,5-8H2,1-4H3,(H2,16,19). The number of nitrogens with two attached hydrogens (primary N) is 1. The Bertz CT molecular complexity index is 390. The molecule has 0 aromatic carbocycles. The second kappa shape index (κ2) is 5.04. The molecule has 0 bridgehead atoms. The lowest BCUT2D eigenvalue weighted by Gasteiger charge is -2.50. The van der Waals surface area contributed by atoms with Gasteiger partial charge in [0.2, 0.25) is 5.91 Å². The molecule has 2 aliphatic rings. The van der Waals surface area contributed by atoms with Crippen LogP contribution in [0.1, 0.15) is 47.0 Å². The van der Waals surface area contributed by atoms with E-state index >= 15 is 0 Å². The predicted molar refractivity (Wildman–Crippen MR) is 81.7 cm³/mol. The predicted octanol–water partition coefficient (Wildman–Crippen LogP) is 2.58. The number of hydrogen-bond donors (Lipinski definition) is 1. The number of likely N-dealkylation sites (tertiary alicyclic amines) is 1. The second-order valence-corrected chi connectivity index (χ2v) is 7.42. The molecule has 0 spiro atoms. The molecule has 19 heavy (non-hydrogen) atoms. The number of amides is 1. The van der Waals surface area contributed by atoms with Gasteiger partial charge in [0.25, 0.3) is 0 Å². The molecular weight excluding hydrogens is 256 g/mol. The lowest BCUT2D eigenvalue weighted by atomic mass is 9.61. The summed E-state index contributed by atoms with van der Waals surface area (Å²) >= 11 is 5.21. The molecule has 4 heteroatoms. The van der Waals surface area contributed by atoms with Crippen LogP contribution in [0, 0.1) is 23.2 Å². The van der Waals surface area contributed by atoms with Gasteiger partial charge < -0.3 is 10.6 Å². The monoisotopic (exact) mass is 282 g/mol. The van der Waals surface area contributed by atoms with E-state index in [9.17, 15) is 4.79 Å². The van der Waals surface area contributed by atoms with Crippen molar-refractivity contribution in [2.24, 2.45) is 28.9 Å². The zero-order chi connectivity index (χ0) is 14.4. The van der Waals surface area contributed by atoms with Crippen LogP contribution < -0.4 is 5.73 Å². The van der Waals surface area contributed by atoms with Crippen LogP contribution in [0.5, 0.6) is 0 Å². The van der Waals surface area contributed by atoms with Crippen molar-refractivity contribution < 1.29 is 4.79 Å². The normalized spacial score (nSPS) is 42.6. The van der Waals surface area contributed by atoms with Gasteiger partial charge in [0.1, 0.15) is 0 Å². The minimum absolute atomic E-state index is 0.184. The molecule has 1 aliphatic carbocycles. The van der Waals surface area contributed by atoms with Gasteiger partial charge in [0.15, 0.2) is 0 Å². The van der Waals surface area contributed by atoms with Crippen molar-refractivity contribution in [3.8, 4) is 0 Å². The number of nitrogens with zero attached hydrogens (tertiary/aromatic N) is 1. The van der Waals surface area contributed by atoms with Crippen molar-refractivity contribution in [1.29, 1.82) is 0 Å². The molecule has 2 fully saturated rings. The first kappa shape index (κ1) is 14.8. The highest BCUT2D eigenvalue weighted by Crippen LogP contribution is 2.48. The molecule has 3 nitrogen and oxygen atoms in total. The summed E-state index contributed by atoms with van der Waals surface area (Å²) < 4.78 is 0. The molecule has 1 aliphatic heterocycles. The molecule has 0 aromatic heterocycles. The number of thiocarbonyl (C=S) groups is 1. The van der Waals surface area contributed by atoms with Crippen LogP contribution in [-0.2, 0) is 4.79 Å². The number of rotatable bonds is 2. The lowest BCUT2D eigenvalue weighted by Crippen LogP contribution is -2.61. The molecule has 1 amide bonds. The van der Waals surface area contributed by atoms with E-state index in [2.05, 4.69) is 27.7 Å². The van der Waals surface area contributed by atoms with Crippen LogP contribution in [0.3, 0.4) is 0 Å². The summed E-state index contributed by atoms with van der Waals surface area (Å²) in [7, 11) is 0. The van der Waals surface area contributed by atoms with Crippen molar-refractivity contribution in [2.45, 2.75) is 53.0 Å². The lowest BCUT2D eigenvalue weighted by molar-refractivity contribution is -0.150. The van der Waals surface area contributed by atoms with Crippen molar-refractivity contribution in [3.05, 3.63) is 0 Å². The highest BCUT2D eigenvalue weighted by Gasteiger charge is 2.53. The van der Waals surface area contributed by atoms with E-state index in [4.69, 9.17) is 18.0 Å². The summed E-state index contributed by atoms with van der Waals surface area (Å²) in [6, 6.07) is 0.297. The maximum absolute atomic E-state index is 12.9. The Balaban J connectivity index is 2.20. The first-order valence-corrected chi connectivity index (χ1v) is 7.79. The highest BCUT2D eigenvalue weighted by molar-refractivity contribution is 7.80. The second-order valence-electron chi connectivity index (χ2n) is 6.98. The molecule has 3 atom stereocenters. The Morgan fingerprint density at radius 2 is 1.79 bits per heavy atom. The summed E-state index contributed by atoms with van der Waals surface area (Å²) in [5, 5.41) is 0. The average Bonchev–Trinajstić information content (AvgIpc) is 2.28. The van der Waals surface area contributed by atoms with Gasteiger partial charge >= 0.3 is 0 Å². The summed E-state index contributed by atoms with van der Waals surface area (Å²) in [6.45, 7) is 9.62. The van der Waals surface area contributed by atoms with E-state index in [1.165, 1.54) is 6.42 Å². The molecule has 108 valence electrons. The Hall–Kier alpha value is -0.640. The summed E-state index contributed by atoms with van der Waals surface area (Å²) in [5.74, 6) is 1.86. The Morgan fingerprint density at radius 3 is 2.26 bits per heavy atom. The molecule has 1 saturated heterocycles. The van der Waals surface area contributed by atoms with Crippen molar-refractivity contribution >= 4 is 23.1 Å². The van der Waals surface area contributed by atoms with Crippen LogP contribution in [0.2, 0.25) is 0 Å². The molecular formula is C15H26N2OS. The fourth-order valence-electron chi connectivity index (χ4n) is 3.87.